The van der Waals surface area contributed by atoms with Crippen molar-refractivity contribution in [3.8, 4) is 5.75 Å². The predicted octanol–water partition coefficient (Wildman–Crippen LogP) is 2.46. The molecule has 9 heteroatoms. The van der Waals surface area contributed by atoms with E-state index >= 15 is 0 Å². The first-order chi connectivity index (χ1) is 14.8. The Labute approximate surface area is 179 Å². The second-order valence-corrected chi connectivity index (χ2v) is 7.08. The van der Waals surface area contributed by atoms with Gasteiger partial charge in [0.05, 0.1) is 6.21 Å². The molecule has 0 unspecified atom stereocenters. The highest BCUT2D eigenvalue weighted by molar-refractivity contribution is 5.97. The Morgan fingerprint density at radius 3 is 2.32 bits per heavy atom. The maximum absolute atomic E-state index is 12.9. The van der Waals surface area contributed by atoms with Crippen LogP contribution in [0.1, 0.15) is 25.8 Å². The van der Waals surface area contributed by atoms with Gasteiger partial charge in [0.15, 0.2) is 6.61 Å². The third kappa shape index (κ3) is 9.53. The standard InChI is InChI=1S/C22H25FN4O4/c1-15(2)12-24-20(28)11-21(29)27-25-13-16-3-9-19(10-4-16)31-14-22(30)26-18-7-5-17(23)6-8-18/h3-10,13,15H,11-12,14H2,1-2H3,(H,24,28)(H,26,30)(H,27,29)/b25-13+. The van der Waals surface area contributed by atoms with Gasteiger partial charge in [0.1, 0.15) is 18.0 Å². The lowest BCUT2D eigenvalue weighted by molar-refractivity contribution is -0.129. The maximum atomic E-state index is 12.9. The van der Waals surface area contributed by atoms with Gasteiger partial charge in [-0.25, -0.2) is 9.82 Å². The van der Waals surface area contributed by atoms with Crippen LogP contribution in [0.15, 0.2) is 53.6 Å². The lowest BCUT2D eigenvalue weighted by atomic mass is 10.2. The van der Waals surface area contributed by atoms with Crippen molar-refractivity contribution >= 4 is 29.6 Å². The average Bonchev–Trinajstić information content (AvgIpc) is 2.73. The Kier molecular flexibility index (Phi) is 9.15. The number of nitrogens with one attached hydrogen (secondary N) is 3. The van der Waals surface area contributed by atoms with Crippen LogP contribution >= 0.6 is 0 Å². The lowest BCUT2D eigenvalue weighted by Gasteiger charge is -2.08. The van der Waals surface area contributed by atoms with Gasteiger partial charge in [-0.05, 0) is 60.0 Å². The molecular weight excluding hydrogens is 403 g/mol. The molecule has 0 heterocycles. The highest BCUT2D eigenvalue weighted by atomic mass is 19.1. The Hall–Kier alpha value is -3.75. The zero-order valence-electron chi connectivity index (χ0n) is 17.4. The largest absolute Gasteiger partial charge is 0.484 e. The van der Waals surface area contributed by atoms with Crippen molar-refractivity contribution in [2.75, 3.05) is 18.5 Å². The smallest absolute Gasteiger partial charge is 0.262 e. The molecule has 31 heavy (non-hydrogen) atoms. The van der Waals surface area contributed by atoms with Crippen molar-refractivity contribution in [1.29, 1.82) is 0 Å². The Bertz CT molecular complexity index is 912. The number of nitrogens with zero attached hydrogens (tertiary/aromatic N) is 1. The van der Waals surface area contributed by atoms with Gasteiger partial charge in [0.2, 0.25) is 11.8 Å². The molecule has 2 aromatic rings. The minimum absolute atomic E-state index is 0.209. The third-order valence-corrected chi connectivity index (χ3v) is 3.81. The summed E-state index contributed by atoms with van der Waals surface area (Å²) in [7, 11) is 0. The first-order valence-corrected chi connectivity index (χ1v) is 9.68. The van der Waals surface area contributed by atoms with E-state index in [9.17, 15) is 18.8 Å². The molecule has 8 nitrogen and oxygen atoms in total. The molecule has 0 aliphatic rings. The van der Waals surface area contributed by atoms with Crippen LogP contribution < -0.4 is 20.8 Å². The van der Waals surface area contributed by atoms with Crippen LogP contribution in [0.25, 0.3) is 0 Å². The van der Waals surface area contributed by atoms with Gasteiger partial charge in [-0.1, -0.05) is 13.8 Å². The molecular formula is C22H25FN4O4. The number of hydrogen-bond acceptors (Lipinski definition) is 5. The number of hydrazone groups is 1. The van der Waals surface area contributed by atoms with E-state index in [0.717, 1.165) is 0 Å². The van der Waals surface area contributed by atoms with E-state index in [1.54, 1.807) is 24.3 Å². The minimum atomic E-state index is -0.510. The van der Waals surface area contributed by atoms with Gasteiger partial charge in [-0.15, -0.1) is 0 Å². The second-order valence-electron chi connectivity index (χ2n) is 7.08. The number of anilines is 1. The fraction of sp³-hybridized carbons (Fsp3) is 0.273. The maximum Gasteiger partial charge on any atom is 0.262 e. The van der Waals surface area contributed by atoms with Crippen LogP contribution in [0, 0.1) is 11.7 Å². The van der Waals surface area contributed by atoms with E-state index in [1.807, 2.05) is 13.8 Å². The number of benzene rings is 2. The van der Waals surface area contributed by atoms with Gasteiger partial charge < -0.3 is 15.4 Å². The van der Waals surface area contributed by atoms with E-state index in [0.29, 0.717) is 29.5 Å². The van der Waals surface area contributed by atoms with Crippen LogP contribution in [0.2, 0.25) is 0 Å². The fourth-order valence-corrected chi connectivity index (χ4v) is 2.27. The molecule has 0 saturated heterocycles. The number of amides is 3. The Morgan fingerprint density at radius 2 is 1.68 bits per heavy atom. The summed E-state index contributed by atoms with van der Waals surface area (Å²) in [4.78, 5) is 35.1. The molecule has 3 amide bonds. The summed E-state index contributed by atoms with van der Waals surface area (Å²) in [5.74, 6) is -0.851. The van der Waals surface area contributed by atoms with E-state index in [2.05, 4.69) is 21.2 Å². The third-order valence-electron chi connectivity index (χ3n) is 3.81. The van der Waals surface area contributed by atoms with Gasteiger partial charge in [0.25, 0.3) is 5.91 Å². The van der Waals surface area contributed by atoms with Crippen molar-refractivity contribution in [3.05, 3.63) is 59.9 Å². The predicted molar refractivity (Wildman–Crippen MR) is 115 cm³/mol. The molecule has 0 atom stereocenters. The van der Waals surface area contributed by atoms with Crippen LogP contribution in [0.3, 0.4) is 0 Å². The molecule has 0 spiro atoms. The van der Waals surface area contributed by atoms with Gasteiger partial charge in [-0.2, -0.15) is 5.10 Å². The molecule has 0 aliphatic carbocycles. The average molecular weight is 428 g/mol. The summed E-state index contributed by atoms with van der Waals surface area (Å²) in [6.45, 7) is 4.23. The Balaban J connectivity index is 1.72. The lowest BCUT2D eigenvalue weighted by Crippen LogP contribution is -2.32. The minimum Gasteiger partial charge on any atom is -0.484 e. The van der Waals surface area contributed by atoms with Gasteiger partial charge >= 0.3 is 0 Å². The monoisotopic (exact) mass is 428 g/mol. The normalized spacial score (nSPS) is 10.7. The van der Waals surface area contributed by atoms with Crippen LogP contribution in [0.4, 0.5) is 10.1 Å². The van der Waals surface area contributed by atoms with Gasteiger partial charge in [0, 0.05) is 12.2 Å². The number of halogens is 1. The van der Waals surface area contributed by atoms with Crippen molar-refractivity contribution < 1.29 is 23.5 Å². The topological polar surface area (TPSA) is 109 Å². The molecule has 0 radical (unpaired) electrons. The van der Waals surface area contributed by atoms with E-state index < -0.39 is 5.91 Å². The van der Waals surface area contributed by atoms with Crippen LogP contribution in [0.5, 0.6) is 5.75 Å². The molecule has 0 bridgehead atoms. The molecule has 0 aromatic heterocycles. The SMILES string of the molecule is CC(C)CNC(=O)CC(=O)N/N=C/c1ccc(OCC(=O)Nc2ccc(F)cc2)cc1. The van der Waals surface area contributed by atoms with Crippen molar-refractivity contribution in [1.82, 2.24) is 10.7 Å². The number of rotatable bonds is 10. The summed E-state index contributed by atoms with van der Waals surface area (Å²) in [5, 5.41) is 9.06. The number of hydrogen-bond donors (Lipinski definition) is 3. The summed E-state index contributed by atoms with van der Waals surface area (Å²) in [6.07, 6.45) is 1.13. The van der Waals surface area contributed by atoms with Crippen molar-refractivity contribution in [3.63, 3.8) is 0 Å². The molecule has 0 fully saturated rings. The zero-order chi connectivity index (χ0) is 22.6. The summed E-state index contributed by atoms with van der Waals surface area (Å²) < 4.78 is 18.3. The zero-order valence-corrected chi connectivity index (χ0v) is 17.4. The Morgan fingerprint density at radius 1 is 1.00 bits per heavy atom. The summed E-state index contributed by atoms with van der Waals surface area (Å²) in [6, 6.07) is 12.1. The molecule has 164 valence electrons. The summed E-state index contributed by atoms with van der Waals surface area (Å²) in [5.41, 5.74) is 3.45. The van der Waals surface area contributed by atoms with Crippen LogP contribution in [-0.4, -0.2) is 37.1 Å². The number of ether oxygens (including phenoxy) is 1. The van der Waals surface area contributed by atoms with E-state index in [4.69, 9.17) is 4.74 Å². The second kappa shape index (κ2) is 12.1. The molecule has 2 rings (SSSR count). The van der Waals surface area contributed by atoms with E-state index in [1.165, 1.54) is 30.5 Å². The number of carbonyl (C=O) groups is 3. The first-order valence-electron chi connectivity index (χ1n) is 9.68. The fourth-order valence-electron chi connectivity index (χ4n) is 2.27. The summed E-state index contributed by atoms with van der Waals surface area (Å²) >= 11 is 0. The number of carbonyl (C=O) groups excluding carboxylic acids is 3. The highest BCUT2D eigenvalue weighted by Crippen LogP contribution is 2.12. The van der Waals surface area contributed by atoms with Crippen molar-refractivity contribution in [2.24, 2.45) is 11.0 Å². The van der Waals surface area contributed by atoms with Crippen molar-refractivity contribution in [2.45, 2.75) is 20.3 Å². The molecule has 2 aromatic carbocycles. The quantitative estimate of drug-likeness (QED) is 0.307. The molecule has 0 saturated carbocycles. The van der Waals surface area contributed by atoms with E-state index in [-0.39, 0.29) is 30.7 Å². The molecule has 0 aliphatic heterocycles. The van der Waals surface area contributed by atoms with Crippen LogP contribution in [-0.2, 0) is 14.4 Å². The first kappa shape index (κ1) is 23.5. The molecule has 3 N–H and O–H groups in total. The highest BCUT2D eigenvalue weighted by Gasteiger charge is 2.08. The van der Waals surface area contributed by atoms with Gasteiger partial charge in [-0.3, -0.25) is 14.4 Å².